The van der Waals surface area contributed by atoms with Gasteiger partial charge >= 0.3 is 12.1 Å². The number of unbranched alkanes of at least 4 members (excludes halogenated alkanes) is 1. The standard InChI is InChI=1S/C17H24F3N3O2.C17H28N4O2/c1-3-22(4-2)9-5-6-10-23(16(25)17(18,19)20)12-15-11-14(13-24)7-8-21-15;1-4-20(5-2)9-10-21(6-3)17(23)13-18-12-16-11-15(14-22)7-8-19-16/h7-8,11,13H,3-6,9-10,12H2,1-2H3;7-8,11,14,18H,4-6,9-10,12-13H2,1-3H3. The van der Waals surface area contributed by atoms with Crippen LogP contribution >= 0.6 is 0 Å². The molecule has 0 spiro atoms. The number of carbonyl (C=O) groups is 4. The van der Waals surface area contributed by atoms with Gasteiger partial charge in [-0.05, 0) is 76.8 Å². The van der Waals surface area contributed by atoms with Gasteiger partial charge < -0.3 is 24.9 Å². The molecule has 0 fully saturated rings. The number of nitrogens with zero attached hydrogens (tertiary/aromatic N) is 6. The molecule has 0 radical (unpaired) electrons. The van der Waals surface area contributed by atoms with Crippen molar-refractivity contribution in [3.8, 4) is 0 Å². The highest BCUT2D eigenvalue weighted by Gasteiger charge is 2.42. The second kappa shape index (κ2) is 23.6. The Morgan fingerprint density at radius 2 is 1.25 bits per heavy atom. The molecule has 2 heterocycles. The third-order valence-electron chi connectivity index (χ3n) is 7.78. The van der Waals surface area contributed by atoms with Crippen LogP contribution < -0.4 is 5.32 Å². The number of rotatable bonds is 21. The normalized spacial score (nSPS) is 11.2. The largest absolute Gasteiger partial charge is 0.471 e. The second-order valence-electron chi connectivity index (χ2n) is 11.0. The lowest BCUT2D eigenvalue weighted by atomic mass is 10.2. The molecule has 0 bridgehead atoms. The topological polar surface area (TPSA) is 119 Å². The lowest BCUT2D eigenvalue weighted by molar-refractivity contribution is -0.186. The molecule has 11 nitrogen and oxygen atoms in total. The smallest absolute Gasteiger partial charge is 0.341 e. The molecule has 2 aromatic heterocycles. The number of hydrogen-bond donors (Lipinski definition) is 1. The molecule has 268 valence electrons. The highest BCUT2D eigenvalue weighted by Crippen LogP contribution is 2.20. The van der Waals surface area contributed by atoms with Crippen LogP contribution in [0.5, 0.6) is 0 Å². The van der Waals surface area contributed by atoms with Gasteiger partial charge in [-0.3, -0.25) is 29.1 Å². The van der Waals surface area contributed by atoms with Crippen LogP contribution in [0.15, 0.2) is 36.7 Å². The summed E-state index contributed by atoms with van der Waals surface area (Å²) in [6.45, 7) is 17.7. The summed E-state index contributed by atoms with van der Waals surface area (Å²) in [7, 11) is 0. The third kappa shape index (κ3) is 16.4. The third-order valence-corrected chi connectivity index (χ3v) is 7.78. The number of likely N-dealkylation sites (N-methyl/N-ethyl adjacent to an activating group) is 2. The quantitative estimate of drug-likeness (QED) is 0.154. The Morgan fingerprint density at radius 3 is 1.77 bits per heavy atom. The molecule has 0 unspecified atom stereocenters. The fraction of sp³-hybridized carbons (Fsp3) is 0.588. The first-order valence-electron chi connectivity index (χ1n) is 16.5. The van der Waals surface area contributed by atoms with Gasteiger partial charge in [-0.15, -0.1) is 0 Å². The average molecular weight is 680 g/mol. The van der Waals surface area contributed by atoms with Crippen molar-refractivity contribution in [2.45, 2.75) is 66.7 Å². The zero-order chi connectivity index (χ0) is 36.0. The number of amides is 2. The molecule has 0 aromatic carbocycles. The minimum atomic E-state index is -4.93. The summed E-state index contributed by atoms with van der Waals surface area (Å²) < 4.78 is 38.5. The number of alkyl halides is 3. The summed E-state index contributed by atoms with van der Waals surface area (Å²) in [5, 5.41) is 3.10. The molecule has 2 amide bonds. The Balaban J connectivity index is 0.000000482. The molecule has 0 saturated carbocycles. The van der Waals surface area contributed by atoms with E-state index in [1.807, 2.05) is 25.7 Å². The average Bonchev–Trinajstić information content (AvgIpc) is 3.09. The van der Waals surface area contributed by atoms with E-state index in [0.29, 0.717) is 43.3 Å². The molecule has 2 aromatic rings. The van der Waals surface area contributed by atoms with E-state index >= 15 is 0 Å². The van der Waals surface area contributed by atoms with Crippen LogP contribution in [0.1, 0.15) is 79.6 Å². The number of pyridine rings is 2. The van der Waals surface area contributed by atoms with E-state index in [1.54, 1.807) is 18.3 Å². The maximum atomic E-state index is 12.8. The summed E-state index contributed by atoms with van der Waals surface area (Å²) in [6, 6.07) is 6.23. The van der Waals surface area contributed by atoms with E-state index in [2.05, 4.69) is 38.9 Å². The fourth-order valence-corrected chi connectivity index (χ4v) is 4.80. The van der Waals surface area contributed by atoms with Gasteiger partial charge in [0.25, 0.3) is 0 Å². The van der Waals surface area contributed by atoms with Gasteiger partial charge in [-0.2, -0.15) is 13.2 Å². The molecular formula is C34H52F3N7O4. The predicted octanol–water partition coefficient (Wildman–Crippen LogP) is 4.08. The van der Waals surface area contributed by atoms with Crippen LogP contribution in [0.25, 0.3) is 0 Å². The van der Waals surface area contributed by atoms with Gasteiger partial charge in [0.1, 0.15) is 12.6 Å². The Labute approximate surface area is 282 Å². The van der Waals surface area contributed by atoms with Crippen LogP contribution in [0.2, 0.25) is 0 Å². The van der Waals surface area contributed by atoms with Crippen molar-refractivity contribution in [3.63, 3.8) is 0 Å². The molecule has 14 heteroatoms. The molecule has 0 atom stereocenters. The number of hydrogen-bond acceptors (Lipinski definition) is 9. The maximum Gasteiger partial charge on any atom is 0.471 e. The van der Waals surface area contributed by atoms with Gasteiger partial charge in [0.15, 0.2) is 0 Å². The van der Waals surface area contributed by atoms with Crippen LogP contribution in [0.4, 0.5) is 13.2 Å². The van der Waals surface area contributed by atoms with Crippen molar-refractivity contribution in [2.75, 3.05) is 65.4 Å². The number of aldehydes is 2. The van der Waals surface area contributed by atoms with E-state index in [0.717, 1.165) is 62.7 Å². The van der Waals surface area contributed by atoms with Crippen LogP contribution in [-0.4, -0.2) is 126 Å². The van der Waals surface area contributed by atoms with E-state index < -0.39 is 12.1 Å². The SMILES string of the molecule is CCN(CC)CCCCN(Cc1cc(C=O)ccn1)C(=O)C(F)(F)F.CCN(CC)CCN(CC)C(=O)CNCc1cc(C=O)ccn1. The van der Waals surface area contributed by atoms with Gasteiger partial charge in [0, 0.05) is 56.2 Å². The lowest BCUT2D eigenvalue weighted by Gasteiger charge is -2.25. The van der Waals surface area contributed by atoms with Crippen molar-refractivity contribution in [1.82, 2.24) is 34.9 Å². The first kappa shape index (κ1) is 42.3. The van der Waals surface area contributed by atoms with Gasteiger partial charge in [-0.1, -0.05) is 27.7 Å². The summed E-state index contributed by atoms with van der Waals surface area (Å²) in [5.41, 5.74) is 1.92. The summed E-state index contributed by atoms with van der Waals surface area (Å²) in [4.78, 5) is 60.6. The van der Waals surface area contributed by atoms with Crippen molar-refractivity contribution in [1.29, 1.82) is 0 Å². The van der Waals surface area contributed by atoms with Crippen LogP contribution in [0, 0.1) is 0 Å². The zero-order valence-corrected chi connectivity index (χ0v) is 29.0. The Bertz CT molecular complexity index is 1240. The van der Waals surface area contributed by atoms with Crippen molar-refractivity contribution in [2.24, 2.45) is 0 Å². The molecule has 0 aliphatic rings. The monoisotopic (exact) mass is 679 g/mol. The van der Waals surface area contributed by atoms with Gasteiger partial charge in [0.05, 0.1) is 24.5 Å². The minimum absolute atomic E-state index is 0.00733. The van der Waals surface area contributed by atoms with Crippen molar-refractivity contribution in [3.05, 3.63) is 59.2 Å². The Morgan fingerprint density at radius 1 is 0.729 bits per heavy atom. The van der Waals surface area contributed by atoms with E-state index in [4.69, 9.17) is 0 Å². The molecule has 1 N–H and O–H groups in total. The number of aromatic nitrogens is 2. The Hall–Kier alpha value is -3.75. The van der Waals surface area contributed by atoms with Crippen LogP contribution in [0.3, 0.4) is 0 Å². The lowest BCUT2D eigenvalue weighted by Crippen LogP contribution is -2.42. The molecule has 2 rings (SSSR count). The summed E-state index contributed by atoms with van der Waals surface area (Å²) in [6.07, 6.45) is 0.562. The van der Waals surface area contributed by atoms with Gasteiger partial charge in [-0.25, -0.2) is 0 Å². The zero-order valence-electron chi connectivity index (χ0n) is 29.0. The summed E-state index contributed by atoms with van der Waals surface area (Å²) in [5.74, 6) is -1.79. The first-order valence-corrected chi connectivity index (χ1v) is 16.5. The molecule has 48 heavy (non-hydrogen) atoms. The van der Waals surface area contributed by atoms with E-state index in [1.165, 1.54) is 18.3 Å². The van der Waals surface area contributed by atoms with Crippen LogP contribution in [-0.2, 0) is 22.7 Å². The first-order chi connectivity index (χ1) is 22.9. The maximum absolute atomic E-state index is 12.8. The number of carbonyl (C=O) groups excluding carboxylic acids is 4. The van der Waals surface area contributed by atoms with E-state index in [9.17, 15) is 32.3 Å². The minimum Gasteiger partial charge on any atom is -0.341 e. The fourth-order valence-electron chi connectivity index (χ4n) is 4.80. The highest BCUT2D eigenvalue weighted by molar-refractivity contribution is 5.82. The predicted molar refractivity (Wildman–Crippen MR) is 179 cm³/mol. The molecule has 0 aliphatic carbocycles. The Kier molecular flexibility index (Phi) is 20.7. The van der Waals surface area contributed by atoms with Crippen molar-refractivity contribution >= 4 is 24.4 Å². The van der Waals surface area contributed by atoms with Gasteiger partial charge in [0.2, 0.25) is 5.91 Å². The molecule has 0 aliphatic heterocycles. The summed E-state index contributed by atoms with van der Waals surface area (Å²) >= 11 is 0. The number of halogens is 3. The molecule has 0 saturated heterocycles. The molecular weight excluding hydrogens is 627 g/mol. The second-order valence-corrected chi connectivity index (χ2v) is 11.0. The van der Waals surface area contributed by atoms with E-state index in [-0.39, 0.29) is 31.2 Å². The highest BCUT2D eigenvalue weighted by atomic mass is 19.4. The van der Waals surface area contributed by atoms with Crippen molar-refractivity contribution < 1.29 is 32.3 Å². The number of nitrogens with one attached hydrogen (secondary N) is 1.